The van der Waals surface area contributed by atoms with E-state index in [0.717, 1.165) is 5.69 Å². The Morgan fingerprint density at radius 2 is 1.85 bits per heavy atom. The van der Waals surface area contributed by atoms with Crippen molar-refractivity contribution < 1.29 is 0 Å². The number of hydrogen-bond acceptors (Lipinski definition) is 2. The molecule has 0 aliphatic rings. The summed E-state index contributed by atoms with van der Waals surface area (Å²) < 4.78 is 0. The van der Waals surface area contributed by atoms with Gasteiger partial charge in [0.1, 0.15) is 6.07 Å². The topological polar surface area (TPSA) is 35.8 Å². The molecule has 0 aliphatic heterocycles. The molecular formula is C11H14N2. The first-order valence-corrected chi connectivity index (χ1v) is 4.30. The van der Waals surface area contributed by atoms with E-state index in [1.54, 1.807) is 0 Å². The molecule has 1 rings (SSSR count). The number of benzene rings is 1. The Hall–Kier alpha value is -1.49. The van der Waals surface area contributed by atoms with Crippen molar-refractivity contribution in [1.29, 1.82) is 5.26 Å². The van der Waals surface area contributed by atoms with E-state index in [9.17, 15) is 0 Å². The maximum absolute atomic E-state index is 8.83. The van der Waals surface area contributed by atoms with Gasteiger partial charge in [-0.3, -0.25) is 0 Å². The Balaban J connectivity index is 2.96. The predicted octanol–water partition coefficient (Wildman–Crippen LogP) is 2.77. The Morgan fingerprint density at radius 3 is 2.38 bits per heavy atom. The lowest BCUT2D eigenvalue weighted by Crippen LogP contribution is -2.26. The first-order chi connectivity index (χ1) is 6.03. The third-order valence-corrected chi connectivity index (χ3v) is 1.56. The van der Waals surface area contributed by atoms with Crippen LogP contribution in [0.1, 0.15) is 26.3 Å². The number of anilines is 1. The van der Waals surface area contributed by atoms with Gasteiger partial charge in [0.2, 0.25) is 0 Å². The zero-order valence-electron chi connectivity index (χ0n) is 8.26. The fourth-order valence-electron chi connectivity index (χ4n) is 1.09. The van der Waals surface area contributed by atoms with Crippen LogP contribution in [0.4, 0.5) is 5.69 Å². The maximum atomic E-state index is 8.83. The van der Waals surface area contributed by atoms with Crippen LogP contribution in [0.15, 0.2) is 24.3 Å². The average molecular weight is 174 g/mol. The number of para-hydroxylation sites is 1. The van der Waals surface area contributed by atoms with Gasteiger partial charge in [-0.05, 0) is 32.9 Å². The summed E-state index contributed by atoms with van der Waals surface area (Å²) in [6, 6.07) is 9.68. The fraction of sp³-hybridized carbons (Fsp3) is 0.364. The van der Waals surface area contributed by atoms with E-state index in [-0.39, 0.29) is 5.54 Å². The van der Waals surface area contributed by atoms with Crippen LogP contribution in [0.3, 0.4) is 0 Å². The summed E-state index contributed by atoms with van der Waals surface area (Å²) in [7, 11) is 0. The third kappa shape index (κ3) is 2.79. The zero-order valence-corrected chi connectivity index (χ0v) is 8.26. The minimum atomic E-state index is -0.00699. The SMILES string of the molecule is CC(C)(C)Nc1ccccc1C#N. The number of nitriles is 1. The number of nitrogens with zero attached hydrogens (tertiary/aromatic N) is 1. The molecule has 0 saturated carbocycles. The largest absolute Gasteiger partial charge is 0.379 e. The standard InChI is InChI=1S/C11H14N2/c1-11(2,3)13-10-7-5-4-6-9(10)8-12/h4-7,13H,1-3H3. The molecule has 0 aromatic heterocycles. The summed E-state index contributed by atoms with van der Waals surface area (Å²) >= 11 is 0. The molecule has 0 atom stereocenters. The predicted molar refractivity (Wildman–Crippen MR) is 54.5 cm³/mol. The van der Waals surface area contributed by atoms with Crippen LogP contribution in [0.5, 0.6) is 0 Å². The summed E-state index contributed by atoms with van der Waals surface area (Å²) in [6.45, 7) is 6.21. The molecule has 2 heteroatoms. The van der Waals surface area contributed by atoms with Crippen LogP contribution in [0.2, 0.25) is 0 Å². The summed E-state index contributed by atoms with van der Waals surface area (Å²) in [5, 5.41) is 12.1. The second-order valence-electron chi connectivity index (χ2n) is 4.03. The maximum Gasteiger partial charge on any atom is 0.101 e. The highest BCUT2D eigenvalue weighted by atomic mass is 14.9. The summed E-state index contributed by atoms with van der Waals surface area (Å²) in [5.74, 6) is 0. The van der Waals surface area contributed by atoms with Gasteiger partial charge in [0.25, 0.3) is 0 Å². The molecule has 0 heterocycles. The van der Waals surface area contributed by atoms with Crippen molar-refractivity contribution in [2.75, 3.05) is 5.32 Å². The molecule has 1 aromatic rings. The van der Waals surface area contributed by atoms with Gasteiger partial charge < -0.3 is 5.32 Å². The van der Waals surface area contributed by atoms with Gasteiger partial charge in [-0.15, -0.1) is 0 Å². The molecule has 0 radical (unpaired) electrons. The first-order valence-electron chi connectivity index (χ1n) is 4.30. The van der Waals surface area contributed by atoms with Crippen LogP contribution >= 0.6 is 0 Å². The van der Waals surface area contributed by atoms with E-state index >= 15 is 0 Å². The van der Waals surface area contributed by atoms with Gasteiger partial charge in [0.05, 0.1) is 11.3 Å². The van der Waals surface area contributed by atoms with Crippen molar-refractivity contribution in [1.82, 2.24) is 0 Å². The molecule has 0 unspecified atom stereocenters. The highest BCUT2D eigenvalue weighted by molar-refractivity contribution is 5.58. The average Bonchev–Trinajstić information content (AvgIpc) is 2.02. The molecule has 0 amide bonds. The second-order valence-corrected chi connectivity index (χ2v) is 4.03. The molecule has 68 valence electrons. The van der Waals surface area contributed by atoms with Crippen molar-refractivity contribution in [3.05, 3.63) is 29.8 Å². The molecule has 1 aromatic carbocycles. The van der Waals surface area contributed by atoms with Gasteiger partial charge in [-0.1, -0.05) is 12.1 Å². The lowest BCUT2D eigenvalue weighted by molar-refractivity contribution is 0.634. The van der Waals surface area contributed by atoms with E-state index < -0.39 is 0 Å². The quantitative estimate of drug-likeness (QED) is 0.710. The van der Waals surface area contributed by atoms with Crippen LogP contribution < -0.4 is 5.32 Å². The van der Waals surface area contributed by atoms with E-state index in [1.807, 2.05) is 24.3 Å². The smallest absolute Gasteiger partial charge is 0.101 e. The van der Waals surface area contributed by atoms with E-state index in [1.165, 1.54) is 0 Å². The van der Waals surface area contributed by atoms with Crippen LogP contribution in [-0.2, 0) is 0 Å². The zero-order chi connectivity index (χ0) is 9.90. The summed E-state index contributed by atoms with van der Waals surface area (Å²) in [4.78, 5) is 0. The number of rotatable bonds is 1. The second kappa shape index (κ2) is 3.49. The Kier molecular flexibility index (Phi) is 2.57. The molecule has 0 aliphatic carbocycles. The van der Waals surface area contributed by atoms with Crippen molar-refractivity contribution in [3.63, 3.8) is 0 Å². The summed E-state index contributed by atoms with van der Waals surface area (Å²) in [5.41, 5.74) is 1.59. The monoisotopic (exact) mass is 174 g/mol. The Bertz CT molecular complexity index is 329. The van der Waals surface area contributed by atoms with Crippen molar-refractivity contribution >= 4 is 5.69 Å². The van der Waals surface area contributed by atoms with Gasteiger partial charge >= 0.3 is 0 Å². The van der Waals surface area contributed by atoms with Gasteiger partial charge in [-0.25, -0.2) is 0 Å². The Morgan fingerprint density at radius 1 is 1.23 bits per heavy atom. The minimum absolute atomic E-state index is 0.00699. The molecule has 0 bridgehead atoms. The molecular weight excluding hydrogens is 160 g/mol. The van der Waals surface area contributed by atoms with Gasteiger partial charge in [0, 0.05) is 5.54 Å². The molecule has 13 heavy (non-hydrogen) atoms. The normalized spacial score (nSPS) is 10.6. The molecule has 1 N–H and O–H groups in total. The lowest BCUT2D eigenvalue weighted by atomic mass is 10.1. The molecule has 0 saturated heterocycles. The van der Waals surface area contributed by atoms with E-state index in [2.05, 4.69) is 32.2 Å². The van der Waals surface area contributed by atoms with E-state index in [4.69, 9.17) is 5.26 Å². The van der Waals surface area contributed by atoms with Crippen LogP contribution in [0, 0.1) is 11.3 Å². The molecule has 2 nitrogen and oxygen atoms in total. The van der Waals surface area contributed by atoms with Crippen LogP contribution in [0.25, 0.3) is 0 Å². The third-order valence-electron chi connectivity index (χ3n) is 1.56. The Labute approximate surface area is 79.2 Å². The molecule has 0 fully saturated rings. The van der Waals surface area contributed by atoms with Gasteiger partial charge in [0.15, 0.2) is 0 Å². The lowest BCUT2D eigenvalue weighted by Gasteiger charge is -2.22. The van der Waals surface area contributed by atoms with Crippen LogP contribution in [-0.4, -0.2) is 5.54 Å². The van der Waals surface area contributed by atoms with Crippen molar-refractivity contribution in [3.8, 4) is 6.07 Å². The van der Waals surface area contributed by atoms with Gasteiger partial charge in [-0.2, -0.15) is 5.26 Å². The molecule has 0 spiro atoms. The van der Waals surface area contributed by atoms with Crippen molar-refractivity contribution in [2.24, 2.45) is 0 Å². The number of nitrogens with one attached hydrogen (secondary N) is 1. The summed E-state index contributed by atoms with van der Waals surface area (Å²) in [6.07, 6.45) is 0. The highest BCUT2D eigenvalue weighted by Crippen LogP contribution is 2.18. The minimum Gasteiger partial charge on any atom is -0.379 e. The highest BCUT2D eigenvalue weighted by Gasteiger charge is 2.10. The fourth-order valence-corrected chi connectivity index (χ4v) is 1.09. The van der Waals surface area contributed by atoms with Crippen molar-refractivity contribution in [2.45, 2.75) is 26.3 Å². The van der Waals surface area contributed by atoms with E-state index in [0.29, 0.717) is 5.56 Å². The number of hydrogen-bond donors (Lipinski definition) is 1. The first kappa shape index (κ1) is 9.60.